The first kappa shape index (κ1) is 91.7. The molecule has 3 fully saturated rings. The normalized spacial score (nSPS) is 17.3. The summed E-state index contributed by atoms with van der Waals surface area (Å²) in [5.74, 6) is 3.52. The van der Waals surface area contributed by atoms with Gasteiger partial charge >= 0.3 is 0 Å². The summed E-state index contributed by atoms with van der Waals surface area (Å²) in [7, 11) is 8.13. The van der Waals surface area contributed by atoms with Crippen LogP contribution >= 0.6 is 46.4 Å². The average molecular weight is 1870 g/mol. The minimum absolute atomic E-state index is 0.0454. The first-order valence-electron chi connectivity index (χ1n) is 44.2. The number of fused-ring (bicyclic) bond motifs is 4. The quantitative estimate of drug-likeness (QED) is 0.0370. The van der Waals surface area contributed by atoms with Gasteiger partial charge in [0.25, 0.3) is 47.3 Å². The number of carbonyl (C=O) groups is 8. The fourth-order valence-electron chi connectivity index (χ4n) is 17.4. The third kappa shape index (κ3) is 21.5. The number of nitrogens with one attached hydrogen (secondary N) is 7. The highest BCUT2D eigenvalue weighted by molar-refractivity contribution is 6.40. The minimum Gasteiger partial charge on any atom is -0.457 e. The minimum atomic E-state index is -0.211. The van der Waals surface area contributed by atoms with Crippen molar-refractivity contribution in [2.75, 3.05) is 88.2 Å². The number of aromatic nitrogens is 2. The molecular formula is C105H95Cl4N13O12. The van der Waals surface area contributed by atoms with Gasteiger partial charge in [0.05, 0.1) is 40.9 Å². The lowest BCUT2D eigenvalue weighted by molar-refractivity contribution is -0.111. The van der Waals surface area contributed by atoms with Crippen molar-refractivity contribution < 1.29 is 56.0 Å². The van der Waals surface area contributed by atoms with Gasteiger partial charge in [-0.05, 0) is 273 Å². The zero-order valence-electron chi connectivity index (χ0n) is 74.0. The molecule has 12 heterocycles. The van der Waals surface area contributed by atoms with Gasteiger partial charge in [-0.2, -0.15) is 0 Å². The van der Waals surface area contributed by atoms with E-state index in [1.807, 2.05) is 126 Å². The summed E-state index contributed by atoms with van der Waals surface area (Å²) in [6, 6.07) is 66.2. The van der Waals surface area contributed by atoms with Crippen LogP contribution in [0.15, 0.2) is 249 Å². The molecule has 7 aliphatic rings. The maximum atomic E-state index is 13.1. The van der Waals surface area contributed by atoms with Crippen LogP contribution in [-0.4, -0.2) is 161 Å². The van der Waals surface area contributed by atoms with E-state index in [1.165, 1.54) is 6.42 Å². The fraction of sp³-hybridized carbons (Fsp3) is 0.210. The third-order valence-electron chi connectivity index (χ3n) is 24.5. The van der Waals surface area contributed by atoms with E-state index in [0.717, 1.165) is 139 Å². The van der Waals surface area contributed by atoms with Crippen LogP contribution < -0.4 is 37.2 Å². The molecule has 8 amide bonds. The number of benzene rings is 8. The van der Waals surface area contributed by atoms with Crippen molar-refractivity contribution in [3.05, 3.63) is 324 Å². The van der Waals surface area contributed by atoms with E-state index in [2.05, 4.69) is 85.0 Å². The van der Waals surface area contributed by atoms with Gasteiger partial charge in [0.15, 0.2) is 0 Å². The molecule has 25 nitrogen and oxygen atoms in total. The first-order valence-corrected chi connectivity index (χ1v) is 45.7. The van der Waals surface area contributed by atoms with Gasteiger partial charge in [0.1, 0.15) is 46.1 Å². The van der Waals surface area contributed by atoms with Gasteiger partial charge in [0.2, 0.25) is 0 Å². The van der Waals surface area contributed by atoms with E-state index >= 15 is 0 Å². The first-order chi connectivity index (χ1) is 64.8. The Hall–Kier alpha value is -14.2. The number of piperidine rings is 2. The molecule has 20 rings (SSSR count). The standard InChI is InChI=1S/2C27H26ClN3O3.C26H24ClN3O3.C25H19ClN4O3/c1-30(2)20-10-12-31(13-11-20)27(33)18-5-3-4-17(14-18)25-9-7-21(34-25)16-23-22-15-19(28)6-8-24(22)29-26(23)32;1-2-31-12-4-7-20(31)16-29-26(32)18-6-3-5-17(13-18)25-11-9-21(34-25)15-23-22-14-19(28)8-10-24(22)30-27(23)33;1-30-11-3-6-19(15-30)28-25(31)17-5-2-4-16(12-17)24-10-8-20(33-24)14-22-21-13-18(27)7-9-23(21)29-26(22)32;1-30-14-27-12-18(30)13-28-24(31)16-4-2-3-15(9-16)23-8-6-19(33-23)11-21-20-10-17(26)5-7-22(20)29-25(21)32/h3-9,14-16,20H,10-13H2,1-2H3,(H,29,32);3,5-6,8-11,13-15,20H,2,4,7,12,16H2,1H3,(H,29,32)(H,30,33);2,4-5,7-10,12-14,19H,3,6,11,15H2,1H3,(H,28,31)(H,29,32);2-12,14H,13H2,1H3,(H,28,31)(H,29,32)/b23-16+;23-15+;22-14+;21-11+. The number of furan rings is 4. The number of imidazole rings is 1. The number of carbonyl (C=O) groups excluding carboxylic acids is 8. The number of rotatable bonds is 19. The molecule has 0 saturated carbocycles. The summed E-state index contributed by atoms with van der Waals surface area (Å²) >= 11 is 24.4. The molecule has 5 aromatic heterocycles. The largest absolute Gasteiger partial charge is 0.457 e. The fourth-order valence-corrected chi connectivity index (χ4v) is 18.1. The summed E-state index contributed by atoms with van der Waals surface area (Å²) in [5.41, 5.74) is 14.3. The van der Waals surface area contributed by atoms with Crippen molar-refractivity contribution in [3.8, 4) is 45.3 Å². The van der Waals surface area contributed by atoms with Gasteiger partial charge < -0.3 is 74.2 Å². The molecule has 8 aromatic carbocycles. The van der Waals surface area contributed by atoms with Crippen LogP contribution in [0.25, 0.3) is 91.9 Å². The predicted octanol–water partition coefficient (Wildman–Crippen LogP) is 20.2. The molecular weight excluding hydrogens is 1780 g/mol. The van der Waals surface area contributed by atoms with Crippen molar-refractivity contribution in [2.45, 2.75) is 70.1 Å². The maximum Gasteiger partial charge on any atom is 0.256 e. The number of aryl methyl sites for hydroxylation is 1. The molecule has 7 aliphatic heterocycles. The molecule has 3 saturated heterocycles. The summed E-state index contributed by atoms with van der Waals surface area (Å²) in [5, 5.41) is 22.7. The van der Waals surface area contributed by atoms with E-state index in [1.54, 1.807) is 146 Å². The Kier molecular flexibility index (Phi) is 28.0. The Morgan fingerprint density at radius 1 is 0.448 bits per heavy atom. The van der Waals surface area contributed by atoms with Crippen LogP contribution in [0.2, 0.25) is 20.1 Å². The lowest BCUT2D eigenvalue weighted by Gasteiger charge is -2.35. The van der Waals surface area contributed by atoms with Gasteiger partial charge in [-0.25, -0.2) is 4.98 Å². The van der Waals surface area contributed by atoms with E-state index < -0.39 is 0 Å². The summed E-state index contributed by atoms with van der Waals surface area (Å²) in [6.07, 6.45) is 16.6. The Balaban J connectivity index is 0.000000124. The van der Waals surface area contributed by atoms with Gasteiger partial charge in [-0.15, -0.1) is 0 Å². The number of amides is 8. The van der Waals surface area contributed by atoms with Crippen LogP contribution in [0, 0.1) is 0 Å². The summed E-state index contributed by atoms with van der Waals surface area (Å²) in [4.78, 5) is 114. The van der Waals surface area contributed by atoms with Crippen molar-refractivity contribution >= 4 is 163 Å². The van der Waals surface area contributed by atoms with Crippen LogP contribution in [0.1, 0.15) is 138 Å². The molecule has 7 N–H and O–H groups in total. The summed E-state index contributed by atoms with van der Waals surface area (Å²) in [6.45, 7) is 8.76. The van der Waals surface area contributed by atoms with Crippen molar-refractivity contribution in [1.82, 2.24) is 45.1 Å². The molecule has 134 heavy (non-hydrogen) atoms. The number of hydrogen-bond acceptors (Lipinski definition) is 16. The van der Waals surface area contributed by atoms with Gasteiger partial charge in [-0.1, -0.05) is 102 Å². The van der Waals surface area contributed by atoms with Crippen LogP contribution in [0.3, 0.4) is 0 Å². The molecule has 680 valence electrons. The van der Waals surface area contributed by atoms with E-state index in [9.17, 15) is 38.4 Å². The Bertz CT molecular complexity index is 6860. The third-order valence-corrected chi connectivity index (χ3v) is 25.5. The molecule has 2 atom stereocenters. The molecule has 29 heteroatoms. The Labute approximate surface area is 793 Å². The van der Waals surface area contributed by atoms with E-state index in [4.69, 9.17) is 64.1 Å². The molecule has 0 radical (unpaired) electrons. The molecule has 13 aromatic rings. The molecule has 0 aliphatic carbocycles. The number of likely N-dealkylation sites (N-methyl/N-ethyl adjacent to an activating group) is 2. The number of hydrogen-bond donors (Lipinski definition) is 7. The monoisotopic (exact) mass is 1870 g/mol. The van der Waals surface area contributed by atoms with Crippen molar-refractivity contribution in [3.63, 3.8) is 0 Å². The number of likely N-dealkylation sites (tertiary alicyclic amines) is 3. The lowest BCUT2D eigenvalue weighted by atomic mass is 10.0. The number of anilines is 4. The highest BCUT2D eigenvalue weighted by atomic mass is 35.5. The SMILES string of the molecule is CCN1CCCC1CNC(=O)c1cccc(-c2ccc(/C=C3/C(=O)Nc4ccc(Cl)cc43)o2)c1.CN(C)C1CCN(C(=O)c2cccc(-c3ccc(/C=C4/C(=O)Nc5ccc(Cl)cc54)o3)c2)CC1.CN1CCCC(NC(=O)c2cccc(-c3ccc(/C=C4/C(=O)Nc5ccc(Cl)cc54)o3)c2)C1.Cn1cncc1CNC(=O)c1cccc(-c2ccc(/C=C3/C(=O)Nc4ccc(Cl)cc43)o2)c1. The van der Waals surface area contributed by atoms with E-state index in [0.29, 0.717) is 142 Å². The highest BCUT2D eigenvalue weighted by Gasteiger charge is 2.32. The Morgan fingerprint density at radius 3 is 1.21 bits per heavy atom. The number of halogens is 4. The average Bonchev–Trinajstić information content (AvgIpc) is 1.66. The van der Waals surface area contributed by atoms with Crippen LogP contribution in [0.5, 0.6) is 0 Å². The smallest absolute Gasteiger partial charge is 0.256 e. The highest BCUT2D eigenvalue weighted by Crippen LogP contribution is 2.42. The van der Waals surface area contributed by atoms with Crippen molar-refractivity contribution in [2.24, 2.45) is 7.05 Å². The lowest BCUT2D eigenvalue weighted by Crippen LogP contribution is -2.46. The predicted molar refractivity (Wildman–Crippen MR) is 526 cm³/mol. The number of nitrogens with zero attached hydrogens (tertiary/aromatic N) is 6. The second-order valence-electron chi connectivity index (χ2n) is 33.8. The summed E-state index contributed by atoms with van der Waals surface area (Å²) < 4.78 is 25.8. The van der Waals surface area contributed by atoms with Crippen molar-refractivity contribution in [1.29, 1.82) is 0 Å². The van der Waals surface area contributed by atoms with Crippen LogP contribution in [0.4, 0.5) is 22.7 Å². The van der Waals surface area contributed by atoms with E-state index in [-0.39, 0.29) is 53.3 Å². The molecule has 0 spiro atoms. The van der Waals surface area contributed by atoms with Gasteiger partial charge in [-0.3, -0.25) is 43.3 Å². The van der Waals surface area contributed by atoms with Gasteiger partial charge in [0, 0.05) is 167 Å². The second kappa shape index (κ2) is 40.9. The molecule has 0 bridgehead atoms. The topological polar surface area (TPSA) is 304 Å². The van der Waals surface area contributed by atoms with Crippen LogP contribution in [-0.2, 0) is 32.8 Å². The zero-order valence-corrected chi connectivity index (χ0v) is 77.0. The zero-order chi connectivity index (χ0) is 93.4. The Morgan fingerprint density at radius 2 is 0.828 bits per heavy atom. The molecule has 2 unspecified atom stereocenters. The second-order valence-corrected chi connectivity index (χ2v) is 35.6. The maximum absolute atomic E-state index is 13.1.